The summed E-state index contributed by atoms with van der Waals surface area (Å²) in [4.78, 5) is 35.6. The highest BCUT2D eigenvalue weighted by atomic mass is 32.2. The second-order valence-corrected chi connectivity index (χ2v) is 6.50. The van der Waals surface area contributed by atoms with E-state index in [9.17, 15) is 14.4 Å². The molecule has 1 saturated heterocycles. The van der Waals surface area contributed by atoms with Gasteiger partial charge in [0.15, 0.2) is 0 Å². The van der Waals surface area contributed by atoms with Gasteiger partial charge in [0.1, 0.15) is 6.04 Å². The van der Waals surface area contributed by atoms with Crippen molar-refractivity contribution in [3.05, 3.63) is 29.8 Å². The molecule has 3 amide bonds. The minimum Gasteiger partial charge on any atom is -0.344 e. The zero-order chi connectivity index (χ0) is 15.9. The summed E-state index contributed by atoms with van der Waals surface area (Å²) in [7, 11) is 0. The van der Waals surface area contributed by atoms with Crippen LogP contribution in [-0.4, -0.2) is 29.5 Å². The van der Waals surface area contributed by atoms with Crippen molar-refractivity contribution in [3.8, 4) is 0 Å². The third-order valence-electron chi connectivity index (χ3n) is 3.41. The van der Waals surface area contributed by atoms with Gasteiger partial charge in [-0.05, 0) is 37.7 Å². The number of hydrogen-bond donors (Lipinski definition) is 2. The maximum absolute atomic E-state index is 11.8. The van der Waals surface area contributed by atoms with E-state index in [0.717, 1.165) is 12.2 Å². The highest BCUT2D eigenvalue weighted by Gasteiger charge is 2.27. The summed E-state index contributed by atoms with van der Waals surface area (Å²) in [5, 5.41) is 4.91. The van der Waals surface area contributed by atoms with E-state index in [1.807, 2.05) is 6.92 Å². The lowest BCUT2D eigenvalue weighted by molar-refractivity contribution is -0.137. The Labute approximate surface area is 134 Å². The highest BCUT2D eigenvalue weighted by molar-refractivity contribution is 7.99. The van der Waals surface area contributed by atoms with Crippen molar-refractivity contribution in [2.24, 2.45) is 0 Å². The molecule has 1 heterocycles. The van der Waals surface area contributed by atoms with Crippen molar-refractivity contribution >= 4 is 29.5 Å². The standard InChI is InChI=1S/C16H20N2O3S/c1-11-4-6-12(7-5-11)22-10-2-3-14(19)17-13-8-9-15(20)18-16(13)21/h4-7,13H,2-3,8-10H2,1H3,(H,17,19)(H,18,20,21). The normalized spacial score (nSPS) is 18.0. The number of hydrogen-bond acceptors (Lipinski definition) is 4. The smallest absolute Gasteiger partial charge is 0.249 e. The maximum atomic E-state index is 11.8. The molecule has 2 N–H and O–H groups in total. The molecular weight excluding hydrogens is 300 g/mol. The third-order valence-corrected chi connectivity index (χ3v) is 4.51. The quantitative estimate of drug-likeness (QED) is 0.476. The van der Waals surface area contributed by atoms with Gasteiger partial charge in [0, 0.05) is 17.7 Å². The van der Waals surface area contributed by atoms with Gasteiger partial charge in [-0.3, -0.25) is 19.7 Å². The van der Waals surface area contributed by atoms with Crippen molar-refractivity contribution in [1.29, 1.82) is 0 Å². The van der Waals surface area contributed by atoms with E-state index in [4.69, 9.17) is 0 Å². The highest BCUT2D eigenvalue weighted by Crippen LogP contribution is 2.19. The number of aryl methyl sites for hydroxylation is 1. The van der Waals surface area contributed by atoms with E-state index in [1.54, 1.807) is 11.8 Å². The number of rotatable bonds is 6. The summed E-state index contributed by atoms with van der Waals surface area (Å²) in [5.74, 6) is 0.0360. The Hall–Kier alpha value is -1.82. The predicted octanol–water partition coefficient (Wildman–Crippen LogP) is 1.79. The van der Waals surface area contributed by atoms with E-state index in [1.165, 1.54) is 10.5 Å². The van der Waals surface area contributed by atoms with Gasteiger partial charge in [0.05, 0.1) is 0 Å². The van der Waals surface area contributed by atoms with E-state index in [0.29, 0.717) is 12.8 Å². The number of thioether (sulfide) groups is 1. The second kappa shape index (κ2) is 7.98. The molecule has 0 aromatic heterocycles. The van der Waals surface area contributed by atoms with Gasteiger partial charge in [-0.15, -0.1) is 11.8 Å². The number of carbonyl (C=O) groups excluding carboxylic acids is 3. The van der Waals surface area contributed by atoms with Crippen LogP contribution in [-0.2, 0) is 14.4 Å². The molecule has 1 aromatic carbocycles. The Morgan fingerprint density at radius 1 is 1.32 bits per heavy atom. The van der Waals surface area contributed by atoms with Gasteiger partial charge in [-0.1, -0.05) is 17.7 Å². The SMILES string of the molecule is Cc1ccc(SCCCC(=O)NC2CCC(=O)NC2=O)cc1. The first kappa shape index (κ1) is 16.5. The average molecular weight is 320 g/mol. The second-order valence-electron chi connectivity index (χ2n) is 5.34. The lowest BCUT2D eigenvalue weighted by Gasteiger charge is -2.21. The summed E-state index contributed by atoms with van der Waals surface area (Å²) >= 11 is 1.71. The van der Waals surface area contributed by atoms with Gasteiger partial charge < -0.3 is 5.32 Å². The fourth-order valence-corrected chi connectivity index (χ4v) is 3.01. The Morgan fingerprint density at radius 2 is 2.05 bits per heavy atom. The van der Waals surface area contributed by atoms with Crippen LogP contribution in [0, 0.1) is 6.92 Å². The number of nitrogens with one attached hydrogen (secondary N) is 2. The van der Waals surface area contributed by atoms with Crippen molar-refractivity contribution < 1.29 is 14.4 Å². The molecule has 0 bridgehead atoms. The largest absolute Gasteiger partial charge is 0.344 e. The molecule has 0 radical (unpaired) electrons. The molecule has 118 valence electrons. The summed E-state index contributed by atoms with van der Waals surface area (Å²) in [5.41, 5.74) is 1.23. The molecule has 2 rings (SSSR count). The van der Waals surface area contributed by atoms with Crippen LogP contribution in [0.5, 0.6) is 0 Å². The van der Waals surface area contributed by atoms with Crippen LogP contribution in [0.25, 0.3) is 0 Å². The molecule has 1 unspecified atom stereocenters. The summed E-state index contributed by atoms with van der Waals surface area (Å²) in [6, 6.07) is 7.71. The number of amides is 3. The Bertz CT molecular complexity index is 557. The predicted molar refractivity (Wildman–Crippen MR) is 85.5 cm³/mol. The van der Waals surface area contributed by atoms with Gasteiger partial charge in [0.25, 0.3) is 0 Å². The van der Waals surface area contributed by atoms with Crippen molar-refractivity contribution in [2.45, 2.75) is 43.5 Å². The van der Waals surface area contributed by atoms with E-state index in [-0.39, 0.29) is 18.2 Å². The summed E-state index contributed by atoms with van der Waals surface area (Å²) < 4.78 is 0. The number of carbonyl (C=O) groups is 3. The first-order valence-corrected chi connectivity index (χ1v) is 8.35. The van der Waals surface area contributed by atoms with Crippen molar-refractivity contribution in [1.82, 2.24) is 10.6 Å². The Balaban J connectivity index is 1.64. The first-order valence-electron chi connectivity index (χ1n) is 7.37. The molecule has 0 spiro atoms. The van der Waals surface area contributed by atoms with Gasteiger partial charge >= 0.3 is 0 Å². The molecule has 0 saturated carbocycles. The molecule has 22 heavy (non-hydrogen) atoms. The van der Waals surface area contributed by atoms with Crippen molar-refractivity contribution in [2.75, 3.05) is 5.75 Å². The topological polar surface area (TPSA) is 75.3 Å². The number of benzene rings is 1. The molecule has 1 aromatic rings. The molecule has 5 nitrogen and oxygen atoms in total. The Kier molecular flexibility index (Phi) is 6.00. The first-order chi connectivity index (χ1) is 10.5. The van der Waals surface area contributed by atoms with E-state index >= 15 is 0 Å². The molecule has 1 aliphatic heterocycles. The van der Waals surface area contributed by atoms with E-state index < -0.39 is 11.9 Å². The van der Waals surface area contributed by atoms with Gasteiger partial charge in [-0.25, -0.2) is 0 Å². The minimum atomic E-state index is -0.574. The lowest BCUT2D eigenvalue weighted by atomic mass is 10.1. The van der Waals surface area contributed by atoms with Crippen LogP contribution in [0.4, 0.5) is 0 Å². The number of imide groups is 1. The van der Waals surface area contributed by atoms with Crippen LogP contribution in [0.1, 0.15) is 31.2 Å². The van der Waals surface area contributed by atoms with Crippen LogP contribution >= 0.6 is 11.8 Å². The molecular formula is C16H20N2O3S. The number of piperidine rings is 1. The van der Waals surface area contributed by atoms with Crippen LogP contribution in [0.15, 0.2) is 29.2 Å². The van der Waals surface area contributed by atoms with Crippen LogP contribution in [0.3, 0.4) is 0 Å². The van der Waals surface area contributed by atoms with Gasteiger partial charge in [0.2, 0.25) is 17.7 Å². The summed E-state index contributed by atoms with van der Waals surface area (Å²) in [6.07, 6.45) is 1.79. The van der Waals surface area contributed by atoms with Gasteiger partial charge in [-0.2, -0.15) is 0 Å². The molecule has 1 aliphatic rings. The Morgan fingerprint density at radius 3 is 2.73 bits per heavy atom. The minimum absolute atomic E-state index is 0.140. The fraction of sp³-hybridized carbons (Fsp3) is 0.438. The fourth-order valence-electron chi connectivity index (χ4n) is 2.16. The zero-order valence-electron chi connectivity index (χ0n) is 12.6. The molecule has 0 aliphatic carbocycles. The molecule has 6 heteroatoms. The van der Waals surface area contributed by atoms with Crippen LogP contribution < -0.4 is 10.6 Å². The zero-order valence-corrected chi connectivity index (χ0v) is 13.4. The van der Waals surface area contributed by atoms with Crippen molar-refractivity contribution in [3.63, 3.8) is 0 Å². The third kappa shape index (κ3) is 5.18. The van der Waals surface area contributed by atoms with E-state index in [2.05, 4.69) is 34.9 Å². The summed E-state index contributed by atoms with van der Waals surface area (Å²) in [6.45, 7) is 2.05. The monoisotopic (exact) mass is 320 g/mol. The average Bonchev–Trinajstić information content (AvgIpc) is 2.48. The van der Waals surface area contributed by atoms with Crippen LogP contribution in [0.2, 0.25) is 0 Å². The maximum Gasteiger partial charge on any atom is 0.249 e. The molecule has 1 fully saturated rings. The lowest BCUT2D eigenvalue weighted by Crippen LogP contribution is -2.52. The molecule has 1 atom stereocenters.